The van der Waals surface area contributed by atoms with Gasteiger partial charge in [0.15, 0.2) is 0 Å². The minimum absolute atomic E-state index is 0.0393. The van der Waals surface area contributed by atoms with Crippen LogP contribution >= 0.6 is 27.5 Å². The van der Waals surface area contributed by atoms with Crippen molar-refractivity contribution in [3.05, 3.63) is 58.6 Å². The highest BCUT2D eigenvalue weighted by atomic mass is 79.9. The van der Waals surface area contributed by atoms with Crippen molar-refractivity contribution < 1.29 is 4.74 Å². The molecule has 0 bridgehead atoms. The number of hydrogen-bond acceptors (Lipinski definition) is 1. The minimum atomic E-state index is 0.0393. The van der Waals surface area contributed by atoms with E-state index in [1.165, 1.54) is 5.56 Å². The summed E-state index contributed by atoms with van der Waals surface area (Å²) in [6.45, 7) is 6.55. The molecule has 0 heterocycles. The predicted molar refractivity (Wildman–Crippen MR) is 89.3 cm³/mol. The van der Waals surface area contributed by atoms with E-state index in [0.29, 0.717) is 5.33 Å². The predicted octanol–water partition coefficient (Wildman–Crippen LogP) is 6.32. The third kappa shape index (κ3) is 3.56. The van der Waals surface area contributed by atoms with Crippen molar-refractivity contribution in [2.75, 3.05) is 0 Å². The summed E-state index contributed by atoms with van der Waals surface area (Å²) in [5.74, 6) is 1.73. The number of hydrogen-bond donors (Lipinski definition) is 0. The van der Waals surface area contributed by atoms with E-state index < -0.39 is 0 Å². The second-order valence-electron chi connectivity index (χ2n) is 5.73. The lowest BCUT2D eigenvalue weighted by Gasteiger charge is -2.23. The second-order valence-corrected chi connectivity index (χ2v) is 6.73. The molecule has 0 unspecified atom stereocenters. The first kappa shape index (κ1) is 15.4. The molecule has 0 atom stereocenters. The van der Waals surface area contributed by atoms with Crippen molar-refractivity contribution in [2.45, 2.75) is 31.5 Å². The van der Waals surface area contributed by atoms with Crippen LogP contribution in [0.2, 0.25) is 5.02 Å². The van der Waals surface area contributed by atoms with E-state index in [1.54, 1.807) is 0 Å². The van der Waals surface area contributed by atoms with Gasteiger partial charge in [-0.1, -0.05) is 66.5 Å². The van der Waals surface area contributed by atoms with E-state index >= 15 is 0 Å². The minimum Gasteiger partial charge on any atom is -0.457 e. The molecule has 2 aromatic carbocycles. The largest absolute Gasteiger partial charge is 0.457 e. The average molecular weight is 354 g/mol. The highest BCUT2D eigenvalue weighted by molar-refractivity contribution is 9.08. The Bertz CT molecular complexity index is 602. The van der Waals surface area contributed by atoms with Crippen LogP contribution in [0, 0.1) is 0 Å². The fourth-order valence-corrected chi connectivity index (χ4v) is 2.68. The van der Waals surface area contributed by atoms with Gasteiger partial charge in [-0.2, -0.15) is 0 Å². The van der Waals surface area contributed by atoms with Gasteiger partial charge in [0.1, 0.15) is 11.5 Å². The van der Waals surface area contributed by atoms with Gasteiger partial charge in [0.05, 0.1) is 0 Å². The lowest BCUT2D eigenvalue weighted by atomic mass is 9.86. The third-order valence-electron chi connectivity index (χ3n) is 3.08. The summed E-state index contributed by atoms with van der Waals surface area (Å²) in [7, 11) is 0. The molecule has 0 aliphatic rings. The molecule has 0 aromatic heterocycles. The first-order valence-corrected chi connectivity index (χ1v) is 8.03. The number of benzene rings is 2. The molecule has 0 saturated heterocycles. The quantitative estimate of drug-likeness (QED) is 0.586. The normalized spacial score (nSPS) is 11.4. The Labute approximate surface area is 134 Å². The van der Waals surface area contributed by atoms with Crippen LogP contribution in [0.1, 0.15) is 31.9 Å². The SMILES string of the molecule is CC(C)(C)c1ccccc1Oc1ccc(Cl)cc1CBr. The summed E-state index contributed by atoms with van der Waals surface area (Å²) < 4.78 is 6.12. The van der Waals surface area contributed by atoms with Gasteiger partial charge in [-0.25, -0.2) is 0 Å². The fraction of sp³-hybridized carbons (Fsp3) is 0.294. The maximum Gasteiger partial charge on any atom is 0.131 e. The summed E-state index contributed by atoms with van der Waals surface area (Å²) in [6, 6.07) is 13.8. The Balaban J connectivity index is 2.41. The summed E-state index contributed by atoms with van der Waals surface area (Å²) in [5, 5.41) is 1.43. The van der Waals surface area contributed by atoms with Crippen LogP contribution in [-0.4, -0.2) is 0 Å². The number of rotatable bonds is 3. The summed E-state index contributed by atoms with van der Waals surface area (Å²) >= 11 is 9.50. The van der Waals surface area contributed by atoms with Crippen LogP contribution < -0.4 is 4.74 Å². The van der Waals surface area contributed by atoms with Crippen LogP contribution in [0.25, 0.3) is 0 Å². The molecule has 0 aliphatic heterocycles. The average Bonchev–Trinajstić information content (AvgIpc) is 2.40. The molecule has 0 saturated carbocycles. The first-order valence-electron chi connectivity index (χ1n) is 6.53. The highest BCUT2D eigenvalue weighted by Crippen LogP contribution is 2.36. The maximum absolute atomic E-state index is 6.12. The molecule has 1 nitrogen and oxygen atoms in total. The molecular weight excluding hydrogens is 336 g/mol. The van der Waals surface area contributed by atoms with Gasteiger partial charge in [-0.15, -0.1) is 0 Å². The van der Waals surface area contributed by atoms with Gasteiger partial charge in [-0.05, 0) is 29.7 Å². The second kappa shape index (κ2) is 6.19. The summed E-state index contributed by atoms with van der Waals surface area (Å²) in [4.78, 5) is 0. The molecule has 0 fully saturated rings. The van der Waals surface area contributed by atoms with Crippen molar-refractivity contribution in [1.29, 1.82) is 0 Å². The van der Waals surface area contributed by atoms with Crippen LogP contribution in [-0.2, 0) is 10.7 Å². The molecule has 106 valence electrons. The van der Waals surface area contributed by atoms with Crippen molar-refractivity contribution in [1.82, 2.24) is 0 Å². The lowest BCUT2D eigenvalue weighted by molar-refractivity contribution is 0.452. The standard InChI is InChI=1S/C17H18BrClO/c1-17(2,3)14-6-4-5-7-16(14)20-15-9-8-13(19)10-12(15)11-18/h4-10H,11H2,1-3H3. The zero-order valence-corrected chi connectivity index (χ0v) is 14.3. The number of para-hydroxylation sites is 1. The van der Waals surface area contributed by atoms with Crippen molar-refractivity contribution in [3.8, 4) is 11.5 Å². The third-order valence-corrected chi connectivity index (χ3v) is 3.92. The lowest BCUT2D eigenvalue weighted by Crippen LogP contribution is -2.12. The Morgan fingerprint density at radius 2 is 1.75 bits per heavy atom. The Kier molecular flexibility index (Phi) is 4.77. The van der Waals surface area contributed by atoms with Crippen LogP contribution in [0.5, 0.6) is 11.5 Å². The van der Waals surface area contributed by atoms with Crippen molar-refractivity contribution >= 4 is 27.5 Å². The van der Waals surface area contributed by atoms with E-state index in [2.05, 4.69) is 42.8 Å². The monoisotopic (exact) mass is 352 g/mol. The van der Waals surface area contributed by atoms with Crippen molar-refractivity contribution in [3.63, 3.8) is 0 Å². The van der Waals surface area contributed by atoms with Crippen LogP contribution in [0.3, 0.4) is 0 Å². The van der Waals surface area contributed by atoms with Crippen LogP contribution in [0.15, 0.2) is 42.5 Å². The Morgan fingerprint density at radius 3 is 2.40 bits per heavy atom. The zero-order valence-electron chi connectivity index (χ0n) is 11.9. The van der Waals surface area contributed by atoms with Gasteiger partial charge in [-0.3, -0.25) is 0 Å². The first-order chi connectivity index (χ1) is 9.41. The van der Waals surface area contributed by atoms with Gasteiger partial charge in [0.25, 0.3) is 0 Å². The Hall–Kier alpha value is -0.990. The molecule has 2 aromatic rings. The smallest absolute Gasteiger partial charge is 0.131 e. The molecule has 0 aliphatic carbocycles. The maximum atomic E-state index is 6.12. The number of halogens is 2. The topological polar surface area (TPSA) is 9.23 Å². The van der Waals surface area contributed by atoms with E-state index in [4.69, 9.17) is 16.3 Å². The molecule has 0 radical (unpaired) electrons. The van der Waals surface area contributed by atoms with E-state index in [1.807, 2.05) is 36.4 Å². The molecule has 20 heavy (non-hydrogen) atoms. The highest BCUT2D eigenvalue weighted by Gasteiger charge is 2.19. The zero-order chi connectivity index (χ0) is 14.8. The molecule has 0 amide bonds. The van der Waals surface area contributed by atoms with E-state index in [-0.39, 0.29) is 5.41 Å². The summed E-state index contributed by atoms with van der Waals surface area (Å²) in [5.41, 5.74) is 2.27. The van der Waals surface area contributed by atoms with E-state index in [0.717, 1.165) is 22.1 Å². The van der Waals surface area contributed by atoms with Gasteiger partial charge in [0, 0.05) is 21.5 Å². The van der Waals surface area contributed by atoms with Gasteiger partial charge in [0.2, 0.25) is 0 Å². The molecule has 3 heteroatoms. The fourth-order valence-electron chi connectivity index (χ4n) is 2.05. The number of ether oxygens (including phenoxy) is 1. The molecule has 2 rings (SSSR count). The van der Waals surface area contributed by atoms with Crippen LogP contribution in [0.4, 0.5) is 0 Å². The molecule has 0 N–H and O–H groups in total. The number of alkyl halides is 1. The molecular formula is C17H18BrClO. The summed E-state index contributed by atoms with van der Waals surface area (Å²) in [6.07, 6.45) is 0. The Morgan fingerprint density at radius 1 is 1.05 bits per heavy atom. The van der Waals surface area contributed by atoms with Gasteiger partial charge >= 0.3 is 0 Å². The van der Waals surface area contributed by atoms with Gasteiger partial charge < -0.3 is 4.74 Å². The molecule has 0 spiro atoms. The van der Waals surface area contributed by atoms with E-state index in [9.17, 15) is 0 Å². The van der Waals surface area contributed by atoms with Crippen molar-refractivity contribution in [2.24, 2.45) is 0 Å².